The fourth-order valence-corrected chi connectivity index (χ4v) is 8.80. The first-order valence-electron chi connectivity index (χ1n) is 32.2. The van der Waals surface area contributed by atoms with Crippen LogP contribution in [0.4, 0.5) is 0 Å². The molecule has 0 aromatic heterocycles. The fourth-order valence-electron chi connectivity index (χ4n) is 8.80. The van der Waals surface area contributed by atoms with Crippen molar-refractivity contribution >= 4 is 71.6 Å². The van der Waals surface area contributed by atoms with Gasteiger partial charge < -0.3 is 90.4 Å². The average molecular weight is 1450 g/mol. The van der Waals surface area contributed by atoms with Gasteiger partial charge in [0.2, 0.25) is 0 Å². The van der Waals surface area contributed by atoms with Gasteiger partial charge in [-0.1, -0.05) is 72.8 Å². The van der Waals surface area contributed by atoms with Crippen molar-refractivity contribution in [1.29, 1.82) is 0 Å². The summed E-state index contributed by atoms with van der Waals surface area (Å²) in [5, 5.41) is 8.78. The molecule has 0 atom stereocenters. The van der Waals surface area contributed by atoms with Gasteiger partial charge in [0.1, 0.15) is 72.7 Å². The Morgan fingerprint density at radius 2 is 0.308 bits per heavy atom. The summed E-state index contributed by atoms with van der Waals surface area (Å²) in [5.74, 6) is -9.76. The molecule has 0 saturated heterocycles. The normalized spacial score (nSPS) is 10.7. The molecule has 31 nitrogen and oxygen atoms in total. The highest BCUT2D eigenvalue weighted by Gasteiger charge is 2.25. The third kappa shape index (κ3) is 27.9. The maximum Gasteiger partial charge on any atom is 0.339 e. The number of carbonyl (C=O) groups is 12. The van der Waals surface area contributed by atoms with Gasteiger partial charge in [0.05, 0.1) is 160 Å². The summed E-state index contributed by atoms with van der Waals surface area (Å²) in [4.78, 5) is 153. The number of carbonyl (C=O) groups excluding carboxylic acids is 12. The lowest BCUT2D eigenvalue weighted by molar-refractivity contribution is 0.0115. The molecular weight excluding hydrogens is 1370 g/mol. The zero-order valence-corrected chi connectivity index (χ0v) is 56.5. The van der Waals surface area contributed by atoms with Crippen LogP contribution in [0.3, 0.4) is 0 Å². The molecule has 554 valence electrons. The number of hydrogen-bond acceptors (Lipinski definition) is 31. The van der Waals surface area contributed by atoms with E-state index in [4.69, 9.17) is 85.6 Å². The molecule has 0 radical (unpaired) electrons. The minimum absolute atomic E-state index is 0.0106. The Labute approximate surface area is 595 Å². The maximum atomic E-state index is 13.0. The summed E-state index contributed by atoms with van der Waals surface area (Å²) < 4.78 is 94.5. The highest BCUT2D eigenvalue weighted by Crippen LogP contribution is 2.19. The van der Waals surface area contributed by atoms with E-state index in [2.05, 4.69) is 4.74 Å². The molecular formula is C73H76O31. The van der Waals surface area contributed by atoms with E-state index in [1.807, 2.05) is 0 Å². The van der Waals surface area contributed by atoms with Gasteiger partial charge in [-0.05, 0) is 72.8 Å². The molecule has 0 aliphatic heterocycles. The van der Waals surface area contributed by atoms with E-state index in [0.29, 0.717) is 0 Å². The molecule has 0 unspecified atom stereocenters. The van der Waals surface area contributed by atoms with Gasteiger partial charge in [0.25, 0.3) is 0 Å². The smallest absolute Gasteiger partial charge is 0.339 e. The first kappa shape index (κ1) is 81.6. The van der Waals surface area contributed by atoms with Crippen LogP contribution < -0.4 is 0 Å². The highest BCUT2D eigenvalue weighted by molar-refractivity contribution is 6.07. The van der Waals surface area contributed by atoms with Crippen molar-refractivity contribution in [2.45, 2.75) is 0 Å². The Bertz CT molecular complexity index is 3830. The third-order valence-electron chi connectivity index (χ3n) is 13.7. The van der Waals surface area contributed by atoms with Crippen LogP contribution in [0.25, 0.3) is 0 Å². The molecule has 0 fully saturated rings. The number of esters is 12. The monoisotopic (exact) mass is 1450 g/mol. The van der Waals surface area contributed by atoms with Crippen molar-refractivity contribution in [3.05, 3.63) is 212 Å². The van der Waals surface area contributed by atoms with E-state index in [0.717, 1.165) is 0 Å². The Hall–Kier alpha value is -11.3. The second kappa shape index (κ2) is 47.0. The lowest BCUT2D eigenvalue weighted by Crippen LogP contribution is -2.20. The number of aliphatic hydroxyl groups excluding tert-OH is 1. The van der Waals surface area contributed by atoms with E-state index < -0.39 is 71.6 Å². The third-order valence-corrected chi connectivity index (χ3v) is 13.7. The number of ether oxygens (including phenoxy) is 18. The van der Waals surface area contributed by atoms with Crippen LogP contribution >= 0.6 is 0 Å². The zero-order valence-electron chi connectivity index (χ0n) is 56.5. The topological polar surface area (TPSA) is 391 Å². The predicted molar refractivity (Wildman–Crippen MR) is 355 cm³/mol. The molecule has 0 heterocycles. The second-order valence-corrected chi connectivity index (χ2v) is 20.7. The molecule has 6 rings (SSSR count). The number of benzene rings is 6. The van der Waals surface area contributed by atoms with Gasteiger partial charge in [-0.2, -0.15) is 0 Å². The molecule has 0 spiro atoms. The number of aliphatic hydroxyl groups is 1. The quantitative estimate of drug-likeness (QED) is 0.0268. The Morgan fingerprint density at radius 3 is 0.423 bits per heavy atom. The van der Waals surface area contributed by atoms with Gasteiger partial charge in [-0.25, -0.2) is 57.5 Å². The summed E-state index contributed by atoms with van der Waals surface area (Å²) in [6, 6.07) is 35.1. The van der Waals surface area contributed by atoms with E-state index in [9.17, 15) is 57.5 Å². The van der Waals surface area contributed by atoms with Gasteiger partial charge in [0, 0.05) is 0 Å². The van der Waals surface area contributed by atoms with Crippen LogP contribution in [0.15, 0.2) is 146 Å². The van der Waals surface area contributed by atoms with Crippen LogP contribution in [0.2, 0.25) is 0 Å². The summed E-state index contributed by atoms with van der Waals surface area (Å²) in [7, 11) is 1.19. The van der Waals surface area contributed by atoms with Crippen LogP contribution in [-0.2, 0) is 85.3 Å². The molecule has 1 N–H and O–H groups in total. The van der Waals surface area contributed by atoms with Gasteiger partial charge in [0.15, 0.2) is 0 Å². The van der Waals surface area contributed by atoms with Crippen LogP contribution in [0.5, 0.6) is 0 Å². The summed E-state index contributed by atoms with van der Waals surface area (Å²) in [6.45, 7) is -3.31. The SMILES string of the molecule is COC(=O)c1ccccc1C(=O)OCCOCCOC(=O)c1ccccc1C(=O)OCCOCCOC(=O)c1ccccc1C(=O)OCCOCCOC(=O)c1ccccc1C(=O)OCCOCCOC(=O)c1ccccc1C(=O)OCCOCCOC(=O)c1ccccc1C(=O)OCCOCCO. The van der Waals surface area contributed by atoms with Gasteiger partial charge >= 0.3 is 71.6 Å². The molecule has 0 aliphatic carbocycles. The molecule has 0 bridgehead atoms. The van der Waals surface area contributed by atoms with E-state index in [1.165, 1.54) is 128 Å². The van der Waals surface area contributed by atoms with Crippen molar-refractivity contribution in [2.75, 3.05) is 166 Å². The lowest BCUT2D eigenvalue weighted by atomic mass is 10.1. The molecule has 0 aliphatic rings. The van der Waals surface area contributed by atoms with Gasteiger partial charge in [-0.15, -0.1) is 0 Å². The average Bonchev–Trinajstić information content (AvgIpc) is 0.891. The largest absolute Gasteiger partial charge is 0.465 e. The summed E-state index contributed by atoms with van der Waals surface area (Å²) >= 11 is 0. The number of hydrogen-bond donors (Lipinski definition) is 1. The van der Waals surface area contributed by atoms with E-state index in [-0.39, 0.29) is 225 Å². The van der Waals surface area contributed by atoms with Crippen LogP contribution in [-0.4, -0.2) is 242 Å². The molecule has 6 aromatic rings. The molecule has 31 heteroatoms. The van der Waals surface area contributed by atoms with Crippen molar-refractivity contribution in [2.24, 2.45) is 0 Å². The van der Waals surface area contributed by atoms with E-state index >= 15 is 0 Å². The minimum atomic E-state index is -0.857. The maximum absolute atomic E-state index is 13.0. The molecule has 6 aromatic carbocycles. The Kier molecular flexibility index (Phi) is 36.9. The number of rotatable bonds is 47. The summed E-state index contributed by atoms with van der Waals surface area (Å²) in [6.07, 6.45) is 0. The first-order valence-corrected chi connectivity index (χ1v) is 32.2. The standard InChI is InChI=1S/C73H76O31/c1-87-62(75)50-14-2-3-15-51(50)63(76)95-40-29-89-30-41-97-66(79)54-18-6-7-19-55(54)67(80)99-44-33-91-34-45-101-70(83)58-22-10-11-23-59(58)71(84)103-48-37-93-38-49-104-73(86)61-25-13-12-24-60(61)72(85)102-47-36-92-35-46-100-69(82)57-21-9-8-20-56(57)68(81)98-43-32-90-31-42-96-65(78)53-17-5-4-16-52(53)64(77)94-39-28-88-27-26-74/h2-25,74H,26-49H2,1H3. The molecule has 0 saturated carbocycles. The fraction of sp³-hybridized carbons (Fsp3) is 0.342. The molecule has 104 heavy (non-hydrogen) atoms. The lowest BCUT2D eigenvalue weighted by Gasteiger charge is -2.12. The Balaban J connectivity index is 0.771. The number of methoxy groups -OCH3 is 1. The molecule has 0 amide bonds. The van der Waals surface area contributed by atoms with E-state index in [1.54, 1.807) is 24.3 Å². The van der Waals surface area contributed by atoms with Crippen molar-refractivity contribution in [3.8, 4) is 0 Å². The van der Waals surface area contributed by atoms with Crippen molar-refractivity contribution in [1.82, 2.24) is 0 Å². The van der Waals surface area contributed by atoms with Crippen LogP contribution in [0.1, 0.15) is 124 Å². The van der Waals surface area contributed by atoms with Crippen molar-refractivity contribution in [3.63, 3.8) is 0 Å². The second-order valence-electron chi connectivity index (χ2n) is 20.7. The highest BCUT2D eigenvalue weighted by atomic mass is 16.6. The first-order chi connectivity index (χ1) is 50.6. The minimum Gasteiger partial charge on any atom is -0.465 e. The Morgan fingerprint density at radius 1 is 0.192 bits per heavy atom. The van der Waals surface area contributed by atoms with Crippen molar-refractivity contribution < 1.29 is 148 Å². The van der Waals surface area contributed by atoms with Crippen LogP contribution in [0, 0.1) is 0 Å². The van der Waals surface area contributed by atoms with Gasteiger partial charge in [-0.3, -0.25) is 0 Å². The predicted octanol–water partition coefficient (Wildman–Crippen LogP) is 5.79. The zero-order chi connectivity index (χ0) is 74.5. The summed E-state index contributed by atoms with van der Waals surface area (Å²) in [5.41, 5.74) is -0.625.